The van der Waals surface area contributed by atoms with Gasteiger partial charge in [-0.3, -0.25) is 14.7 Å². The number of para-hydroxylation sites is 1. The number of fused-ring (bicyclic) bond motifs is 1. The molecule has 2 heterocycles. The van der Waals surface area contributed by atoms with Crippen LogP contribution in [0, 0.1) is 6.92 Å². The minimum atomic E-state index is -4.01. The molecule has 0 unspecified atom stereocenters. The average Bonchev–Trinajstić information content (AvgIpc) is 2.92. The van der Waals surface area contributed by atoms with Crippen molar-refractivity contribution in [1.29, 1.82) is 0 Å². The van der Waals surface area contributed by atoms with E-state index in [9.17, 15) is 26.7 Å². The largest absolute Gasteiger partial charge is 0.489 e. The quantitative estimate of drug-likeness (QED) is 0.345. The first-order chi connectivity index (χ1) is 19.0. The van der Waals surface area contributed by atoms with Crippen molar-refractivity contribution in [3.8, 4) is 5.75 Å². The van der Waals surface area contributed by atoms with Gasteiger partial charge in [-0.25, -0.2) is 21.6 Å². The monoisotopic (exact) mass is 588 g/mol. The van der Waals surface area contributed by atoms with Crippen LogP contribution in [0.15, 0.2) is 71.0 Å². The van der Waals surface area contributed by atoms with Crippen molar-refractivity contribution in [2.75, 3.05) is 32.7 Å². The molecule has 214 valence electrons. The summed E-state index contributed by atoms with van der Waals surface area (Å²) < 4.78 is 59.8. The van der Waals surface area contributed by atoms with E-state index in [0.717, 1.165) is 27.6 Å². The third-order valence-electron chi connectivity index (χ3n) is 6.59. The highest BCUT2D eigenvalue weighted by atomic mass is 32.2. The summed E-state index contributed by atoms with van der Waals surface area (Å²) in [5, 5.41) is 11.8. The predicted octanol–water partition coefficient (Wildman–Crippen LogP) is 2.33. The summed E-state index contributed by atoms with van der Waals surface area (Å²) in [5.41, 5.74) is 2.69. The molecule has 1 aromatic heterocycles. The Labute approximate surface area is 234 Å². The number of pyridine rings is 1. The van der Waals surface area contributed by atoms with E-state index in [1.165, 1.54) is 22.5 Å². The van der Waals surface area contributed by atoms with Gasteiger partial charge in [0.15, 0.2) is 0 Å². The number of hydrogen-bond donors (Lipinski definition) is 2. The summed E-state index contributed by atoms with van der Waals surface area (Å²) in [5.74, 6) is -0.721. The zero-order valence-corrected chi connectivity index (χ0v) is 23.9. The third-order valence-corrected chi connectivity index (χ3v) is 9.73. The lowest BCUT2D eigenvalue weighted by molar-refractivity contribution is -0.143. The fourth-order valence-corrected chi connectivity index (χ4v) is 6.79. The molecule has 1 aliphatic heterocycles. The molecule has 0 amide bonds. The van der Waals surface area contributed by atoms with Crippen LogP contribution in [0.1, 0.15) is 18.2 Å². The second-order valence-electron chi connectivity index (χ2n) is 9.36. The van der Waals surface area contributed by atoms with Crippen LogP contribution in [0.5, 0.6) is 5.75 Å². The van der Waals surface area contributed by atoms with Crippen LogP contribution >= 0.6 is 0 Å². The molecule has 0 aliphatic carbocycles. The van der Waals surface area contributed by atoms with Crippen molar-refractivity contribution in [3.05, 3.63) is 77.3 Å². The van der Waals surface area contributed by atoms with E-state index in [0.29, 0.717) is 5.75 Å². The van der Waals surface area contributed by atoms with Crippen molar-refractivity contribution in [2.24, 2.45) is 0 Å². The van der Waals surface area contributed by atoms with Gasteiger partial charge in [-0.05, 0) is 50.2 Å². The minimum Gasteiger partial charge on any atom is -0.489 e. The number of aliphatic carboxylic acids is 1. The van der Waals surface area contributed by atoms with Crippen LogP contribution in [0.4, 0.5) is 0 Å². The Morgan fingerprint density at radius 3 is 2.40 bits per heavy atom. The molecule has 3 aromatic rings. The van der Waals surface area contributed by atoms with Gasteiger partial charge >= 0.3 is 5.97 Å². The van der Waals surface area contributed by atoms with E-state index in [2.05, 4.69) is 9.71 Å². The predicted molar refractivity (Wildman–Crippen MR) is 151 cm³/mol. The Hall–Kier alpha value is -3.36. The molecule has 1 atom stereocenters. The molecule has 11 nitrogen and oxygen atoms in total. The Balaban J connectivity index is 1.36. The first kappa shape index (κ1) is 29.6. The molecule has 0 bridgehead atoms. The Morgan fingerprint density at radius 2 is 1.75 bits per heavy atom. The van der Waals surface area contributed by atoms with E-state index in [-0.39, 0.29) is 44.2 Å². The molecule has 0 spiro atoms. The van der Waals surface area contributed by atoms with Crippen LogP contribution in [0.25, 0.3) is 10.9 Å². The minimum absolute atomic E-state index is 0.0311. The molecule has 4 rings (SSSR count). The lowest BCUT2D eigenvalue weighted by atomic mass is 10.1. The van der Waals surface area contributed by atoms with E-state index in [1.54, 1.807) is 24.0 Å². The maximum atomic E-state index is 12.9. The molecule has 1 saturated heterocycles. The lowest BCUT2D eigenvalue weighted by Crippen LogP contribution is -2.56. The van der Waals surface area contributed by atoms with Gasteiger partial charge in [-0.2, -0.15) is 4.31 Å². The smallest absolute Gasteiger partial charge is 0.322 e. The molecule has 2 N–H and O–H groups in total. The number of aryl methyl sites for hydroxylation is 1. The first-order valence-corrected chi connectivity index (χ1v) is 15.7. The first-order valence-electron chi connectivity index (χ1n) is 12.7. The van der Waals surface area contributed by atoms with Gasteiger partial charge in [-0.1, -0.05) is 24.3 Å². The van der Waals surface area contributed by atoms with Crippen molar-refractivity contribution in [1.82, 2.24) is 18.9 Å². The van der Waals surface area contributed by atoms with Gasteiger partial charge in [0.1, 0.15) is 18.4 Å². The number of benzene rings is 2. The second-order valence-corrected chi connectivity index (χ2v) is 12.9. The van der Waals surface area contributed by atoms with Gasteiger partial charge in [0.2, 0.25) is 20.0 Å². The van der Waals surface area contributed by atoms with Gasteiger partial charge in [0, 0.05) is 54.8 Å². The summed E-state index contributed by atoms with van der Waals surface area (Å²) >= 11 is 0. The molecule has 1 aliphatic rings. The Morgan fingerprint density at radius 1 is 1.07 bits per heavy atom. The number of rotatable bonds is 11. The SMILES string of the molecule is CC=CS(=O)(=O)N1CCN([C@@H](CNS(=O)(=O)c2ccc(OCc3cc(C)nc4ccccc34)cc2)C(=O)O)CC1. The molecule has 1 fully saturated rings. The summed E-state index contributed by atoms with van der Waals surface area (Å²) in [7, 11) is -7.56. The number of carbonyl (C=O) groups is 1. The van der Waals surface area contributed by atoms with Crippen LogP contribution in [-0.2, 0) is 31.4 Å². The van der Waals surface area contributed by atoms with Crippen LogP contribution in [0.2, 0.25) is 0 Å². The van der Waals surface area contributed by atoms with Gasteiger partial charge in [0.05, 0.1) is 10.4 Å². The standard InChI is InChI=1S/C27H32N4O7S2/c1-3-16-39(34,35)31-14-12-30(13-15-31)26(27(32)33)18-28-40(36,37)23-10-8-22(9-11-23)38-19-21-17-20(2)29-25-7-5-4-6-24(21)25/h3-11,16-17,26,28H,12-15,18-19H2,1-2H3,(H,32,33)/t26-/m0/s1. The summed E-state index contributed by atoms with van der Waals surface area (Å²) in [4.78, 5) is 18.0. The fraction of sp³-hybridized carbons (Fsp3) is 0.333. The van der Waals surface area contributed by atoms with Crippen molar-refractivity contribution in [3.63, 3.8) is 0 Å². The highest BCUT2D eigenvalue weighted by molar-refractivity contribution is 7.92. The number of nitrogens with zero attached hydrogens (tertiary/aromatic N) is 3. The molecular formula is C27H32N4O7S2. The number of sulfonamides is 2. The maximum absolute atomic E-state index is 12.9. The average molecular weight is 589 g/mol. The zero-order chi connectivity index (χ0) is 28.9. The molecule has 13 heteroatoms. The van der Waals surface area contributed by atoms with E-state index in [4.69, 9.17) is 4.74 Å². The summed E-state index contributed by atoms with van der Waals surface area (Å²) in [6.45, 7) is 3.96. The van der Waals surface area contributed by atoms with Crippen molar-refractivity contribution in [2.45, 2.75) is 31.4 Å². The van der Waals surface area contributed by atoms with Gasteiger partial charge < -0.3 is 9.84 Å². The van der Waals surface area contributed by atoms with Crippen molar-refractivity contribution < 1.29 is 31.5 Å². The molecular weight excluding hydrogens is 556 g/mol. The highest BCUT2D eigenvalue weighted by Crippen LogP contribution is 2.22. The van der Waals surface area contributed by atoms with Crippen LogP contribution < -0.4 is 9.46 Å². The molecule has 2 aromatic carbocycles. The molecule has 0 radical (unpaired) electrons. The van der Waals surface area contributed by atoms with Gasteiger partial charge in [-0.15, -0.1) is 0 Å². The number of ether oxygens (including phenoxy) is 1. The number of carboxylic acid groups (broad SMARTS) is 1. The number of nitrogens with one attached hydrogen (secondary N) is 1. The fourth-order valence-electron chi connectivity index (χ4n) is 4.56. The number of hydrogen-bond acceptors (Lipinski definition) is 8. The number of aromatic nitrogens is 1. The zero-order valence-electron chi connectivity index (χ0n) is 22.2. The Kier molecular flexibility index (Phi) is 9.21. The number of allylic oxidation sites excluding steroid dienone is 1. The van der Waals surface area contributed by atoms with Crippen LogP contribution in [-0.4, -0.2) is 80.9 Å². The van der Waals surface area contributed by atoms with E-state index < -0.39 is 32.1 Å². The molecule has 40 heavy (non-hydrogen) atoms. The van der Waals surface area contributed by atoms with E-state index >= 15 is 0 Å². The highest BCUT2D eigenvalue weighted by Gasteiger charge is 2.33. The van der Waals surface area contributed by atoms with Gasteiger partial charge in [0.25, 0.3) is 0 Å². The summed E-state index contributed by atoms with van der Waals surface area (Å²) in [6.07, 6.45) is 1.43. The third kappa shape index (κ3) is 7.04. The maximum Gasteiger partial charge on any atom is 0.322 e. The summed E-state index contributed by atoms with van der Waals surface area (Å²) in [6, 6.07) is 14.4. The Bertz CT molecular complexity index is 1600. The van der Waals surface area contributed by atoms with Crippen molar-refractivity contribution >= 4 is 36.9 Å². The molecule has 0 saturated carbocycles. The number of piperazine rings is 1. The van der Waals surface area contributed by atoms with Crippen LogP contribution in [0.3, 0.4) is 0 Å². The van der Waals surface area contributed by atoms with E-state index in [1.807, 2.05) is 37.3 Å². The number of carboxylic acids is 1. The topological polar surface area (TPSA) is 146 Å². The second kappa shape index (κ2) is 12.4. The normalized spacial score (nSPS) is 16.4. The lowest BCUT2D eigenvalue weighted by Gasteiger charge is -2.36.